The van der Waals surface area contributed by atoms with Crippen molar-refractivity contribution in [3.8, 4) is 0 Å². The average Bonchev–Trinajstić information content (AvgIpc) is 3.16. The summed E-state index contributed by atoms with van der Waals surface area (Å²) in [6, 6.07) is 0. The van der Waals surface area contributed by atoms with Crippen molar-refractivity contribution in [3.63, 3.8) is 0 Å². The molecule has 0 radical (unpaired) electrons. The maximum atomic E-state index is 12.1. The highest BCUT2D eigenvalue weighted by molar-refractivity contribution is 6.01. The Labute approximate surface area is 134 Å². The fourth-order valence-corrected chi connectivity index (χ4v) is 2.54. The van der Waals surface area contributed by atoms with Gasteiger partial charge in [-0.2, -0.15) is 5.10 Å². The number of hydrogen-bond acceptors (Lipinski definition) is 5. The Bertz CT molecular complexity index is 617. The van der Waals surface area contributed by atoms with E-state index < -0.39 is 5.97 Å². The highest BCUT2D eigenvalue weighted by atomic mass is 16.5. The van der Waals surface area contributed by atoms with Crippen molar-refractivity contribution in [3.05, 3.63) is 11.4 Å². The summed E-state index contributed by atoms with van der Waals surface area (Å²) in [7, 11) is 2.93. The molecule has 1 aromatic heterocycles. The monoisotopic (exact) mass is 322 g/mol. The van der Waals surface area contributed by atoms with Crippen molar-refractivity contribution < 1.29 is 19.1 Å². The van der Waals surface area contributed by atoms with Gasteiger partial charge in [-0.05, 0) is 19.8 Å². The van der Waals surface area contributed by atoms with E-state index >= 15 is 0 Å². The number of methoxy groups -OCH3 is 1. The summed E-state index contributed by atoms with van der Waals surface area (Å²) in [5.41, 5.74) is 1.04. The zero-order valence-corrected chi connectivity index (χ0v) is 13.7. The zero-order chi connectivity index (χ0) is 17.0. The maximum absolute atomic E-state index is 12.1. The van der Waals surface area contributed by atoms with Gasteiger partial charge in [0, 0.05) is 33.0 Å². The van der Waals surface area contributed by atoms with Crippen molar-refractivity contribution in [1.82, 2.24) is 14.7 Å². The van der Waals surface area contributed by atoms with Gasteiger partial charge in [0.2, 0.25) is 11.8 Å². The smallest absolute Gasteiger partial charge is 0.360 e. The van der Waals surface area contributed by atoms with E-state index in [1.807, 2.05) is 0 Å². The van der Waals surface area contributed by atoms with Gasteiger partial charge in [0.15, 0.2) is 5.69 Å². The summed E-state index contributed by atoms with van der Waals surface area (Å²) in [4.78, 5) is 37.5. The van der Waals surface area contributed by atoms with Crippen LogP contribution in [0.15, 0.2) is 0 Å². The van der Waals surface area contributed by atoms with E-state index in [4.69, 9.17) is 0 Å². The van der Waals surface area contributed by atoms with Gasteiger partial charge in [0.25, 0.3) is 0 Å². The Morgan fingerprint density at radius 3 is 2.48 bits per heavy atom. The molecule has 8 nitrogen and oxygen atoms in total. The second kappa shape index (κ2) is 7.26. The van der Waals surface area contributed by atoms with E-state index in [0.29, 0.717) is 11.4 Å². The summed E-state index contributed by atoms with van der Waals surface area (Å²) in [5.74, 6) is -0.940. The second-order valence-corrected chi connectivity index (χ2v) is 5.56. The number of hydrogen-bond donors (Lipinski definition) is 1. The summed E-state index contributed by atoms with van der Waals surface area (Å²) >= 11 is 0. The molecule has 0 aliphatic carbocycles. The molecule has 1 aliphatic rings. The van der Waals surface area contributed by atoms with Crippen LogP contribution in [0.3, 0.4) is 0 Å². The zero-order valence-electron chi connectivity index (χ0n) is 13.7. The molecule has 1 aromatic rings. The quantitative estimate of drug-likeness (QED) is 0.811. The van der Waals surface area contributed by atoms with Gasteiger partial charge in [-0.1, -0.05) is 0 Å². The highest BCUT2D eigenvalue weighted by Crippen LogP contribution is 2.21. The van der Waals surface area contributed by atoms with Crippen LogP contribution in [0.4, 0.5) is 5.69 Å². The van der Waals surface area contributed by atoms with Crippen molar-refractivity contribution in [2.45, 2.75) is 32.6 Å². The molecule has 0 bridgehead atoms. The minimum atomic E-state index is -0.614. The molecule has 0 saturated carbocycles. The van der Waals surface area contributed by atoms with E-state index in [2.05, 4.69) is 15.2 Å². The van der Waals surface area contributed by atoms with Crippen LogP contribution < -0.4 is 5.32 Å². The van der Waals surface area contributed by atoms with Gasteiger partial charge in [0.05, 0.1) is 18.5 Å². The lowest BCUT2D eigenvalue weighted by molar-refractivity contribution is -0.131. The van der Waals surface area contributed by atoms with E-state index in [1.54, 1.807) is 18.9 Å². The molecule has 0 unspecified atom stereocenters. The van der Waals surface area contributed by atoms with E-state index in [9.17, 15) is 14.4 Å². The van der Waals surface area contributed by atoms with E-state index in [1.165, 1.54) is 11.8 Å². The average molecular weight is 322 g/mol. The van der Waals surface area contributed by atoms with Crippen LogP contribution in [0.5, 0.6) is 0 Å². The number of rotatable bonds is 5. The first kappa shape index (κ1) is 17.0. The van der Waals surface area contributed by atoms with Crippen molar-refractivity contribution >= 4 is 23.5 Å². The molecule has 0 atom stereocenters. The minimum Gasteiger partial charge on any atom is -0.464 e. The number of aromatic nitrogens is 2. The van der Waals surface area contributed by atoms with Gasteiger partial charge in [-0.25, -0.2) is 4.79 Å². The molecule has 126 valence electrons. The third kappa shape index (κ3) is 3.88. The molecule has 23 heavy (non-hydrogen) atoms. The molecular formula is C15H22N4O4. The Morgan fingerprint density at radius 1 is 1.22 bits per heavy atom. The Balaban J connectivity index is 1.97. The molecule has 2 heterocycles. The van der Waals surface area contributed by atoms with Crippen LogP contribution in [0, 0.1) is 6.92 Å². The van der Waals surface area contributed by atoms with Gasteiger partial charge < -0.3 is 15.0 Å². The lowest BCUT2D eigenvalue weighted by Crippen LogP contribution is -2.28. The van der Waals surface area contributed by atoms with Gasteiger partial charge in [-0.3, -0.25) is 14.3 Å². The topological polar surface area (TPSA) is 93.5 Å². The lowest BCUT2D eigenvalue weighted by Gasteiger charge is -2.14. The summed E-state index contributed by atoms with van der Waals surface area (Å²) < 4.78 is 6.16. The molecule has 1 saturated heterocycles. The molecule has 1 fully saturated rings. The largest absolute Gasteiger partial charge is 0.464 e. The first-order valence-electron chi connectivity index (χ1n) is 7.63. The highest BCUT2D eigenvalue weighted by Gasteiger charge is 2.23. The summed E-state index contributed by atoms with van der Waals surface area (Å²) in [5, 5.41) is 6.71. The number of anilines is 1. The Hall–Kier alpha value is -2.38. The molecule has 0 spiro atoms. The molecule has 2 rings (SSSR count). The predicted octanol–water partition coefficient (Wildman–Crippen LogP) is 0.856. The van der Waals surface area contributed by atoms with Crippen LogP contribution in [-0.2, 0) is 21.4 Å². The predicted molar refractivity (Wildman–Crippen MR) is 83.0 cm³/mol. The number of nitrogens with zero attached hydrogens (tertiary/aromatic N) is 3. The van der Waals surface area contributed by atoms with Crippen molar-refractivity contribution in [2.24, 2.45) is 7.05 Å². The van der Waals surface area contributed by atoms with Crippen LogP contribution >= 0.6 is 0 Å². The van der Waals surface area contributed by atoms with Gasteiger partial charge in [0.1, 0.15) is 0 Å². The first-order valence-corrected chi connectivity index (χ1v) is 7.63. The molecule has 1 N–H and O–H groups in total. The summed E-state index contributed by atoms with van der Waals surface area (Å²) in [6.07, 6.45) is 2.29. The number of amides is 2. The first-order chi connectivity index (χ1) is 10.9. The third-order valence-electron chi connectivity index (χ3n) is 4.00. The Kier molecular flexibility index (Phi) is 5.36. The second-order valence-electron chi connectivity index (χ2n) is 5.56. The molecule has 1 aliphatic heterocycles. The molecular weight excluding hydrogens is 300 g/mol. The van der Waals surface area contributed by atoms with Gasteiger partial charge in [-0.15, -0.1) is 0 Å². The number of ether oxygens (including phenoxy) is 1. The van der Waals surface area contributed by atoms with Crippen molar-refractivity contribution in [2.75, 3.05) is 25.5 Å². The van der Waals surface area contributed by atoms with Crippen LogP contribution in [0.1, 0.15) is 41.9 Å². The van der Waals surface area contributed by atoms with Gasteiger partial charge >= 0.3 is 5.97 Å². The number of likely N-dealkylation sites (tertiary alicyclic amines) is 1. The number of aryl methyl sites for hydroxylation is 1. The minimum absolute atomic E-state index is 0.00579. The fourth-order valence-electron chi connectivity index (χ4n) is 2.54. The normalized spacial score (nSPS) is 14.0. The summed E-state index contributed by atoms with van der Waals surface area (Å²) in [6.45, 7) is 3.29. The maximum Gasteiger partial charge on any atom is 0.360 e. The van der Waals surface area contributed by atoms with Crippen LogP contribution in [0.25, 0.3) is 0 Å². The molecule has 8 heteroatoms. The van der Waals surface area contributed by atoms with E-state index in [-0.39, 0.29) is 30.3 Å². The Morgan fingerprint density at radius 2 is 1.87 bits per heavy atom. The third-order valence-corrected chi connectivity index (χ3v) is 4.00. The number of carbonyl (C=O) groups excluding carboxylic acids is 3. The van der Waals surface area contributed by atoms with E-state index in [0.717, 1.165) is 25.9 Å². The molecule has 2 amide bonds. The fraction of sp³-hybridized carbons (Fsp3) is 0.600. The SMILES string of the molecule is COC(=O)c1nn(C)c(C)c1NC(=O)CCC(=O)N1CCCC1. The number of esters is 1. The number of nitrogens with one attached hydrogen (secondary N) is 1. The van der Waals surface area contributed by atoms with Crippen LogP contribution in [0.2, 0.25) is 0 Å². The van der Waals surface area contributed by atoms with Crippen LogP contribution in [-0.4, -0.2) is 52.7 Å². The molecule has 0 aromatic carbocycles. The lowest BCUT2D eigenvalue weighted by atomic mass is 10.2. The number of carbonyl (C=O) groups is 3. The standard InChI is InChI=1S/C15H22N4O4/c1-10-13(14(15(22)23-3)17-18(10)2)16-11(20)6-7-12(21)19-8-4-5-9-19/h4-9H2,1-3H3,(H,16,20). The van der Waals surface area contributed by atoms with Crippen molar-refractivity contribution in [1.29, 1.82) is 0 Å².